The monoisotopic (exact) mass is 447 g/mol. The summed E-state index contributed by atoms with van der Waals surface area (Å²) in [7, 11) is 0. The maximum atomic E-state index is 12.9. The van der Waals surface area contributed by atoms with Gasteiger partial charge in [-0.25, -0.2) is 4.98 Å². The van der Waals surface area contributed by atoms with Gasteiger partial charge in [-0.15, -0.1) is 0 Å². The fourth-order valence-electron chi connectivity index (χ4n) is 4.23. The molecule has 5 rings (SSSR count). The summed E-state index contributed by atoms with van der Waals surface area (Å²) >= 11 is 1.36. The number of nitrogens with zero attached hydrogens (tertiary/aromatic N) is 2. The molecule has 3 aromatic rings. The van der Waals surface area contributed by atoms with E-state index in [1.165, 1.54) is 16.2 Å². The van der Waals surface area contributed by atoms with Gasteiger partial charge in [0.25, 0.3) is 5.91 Å². The lowest BCUT2D eigenvalue weighted by molar-refractivity contribution is -0.122. The summed E-state index contributed by atoms with van der Waals surface area (Å²) in [6, 6.07) is 12.2. The molecule has 1 aliphatic heterocycles. The number of ether oxygens (including phenoxy) is 1. The van der Waals surface area contributed by atoms with Crippen LogP contribution >= 0.6 is 11.3 Å². The van der Waals surface area contributed by atoms with Crippen molar-refractivity contribution in [3.05, 3.63) is 60.2 Å². The summed E-state index contributed by atoms with van der Waals surface area (Å²) in [5.41, 5.74) is 1.55. The van der Waals surface area contributed by atoms with Crippen LogP contribution in [0.25, 0.3) is 10.2 Å². The maximum absolute atomic E-state index is 12.9. The van der Waals surface area contributed by atoms with Crippen molar-refractivity contribution in [1.29, 1.82) is 0 Å². The second-order valence-electron chi connectivity index (χ2n) is 7.75. The zero-order chi connectivity index (χ0) is 22.2. The molecule has 2 heterocycles. The van der Waals surface area contributed by atoms with E-state index in [4.69, 9.17) is 4.74 Å². The van der Waals surface area contributed by atoms with Crippen LogP contribution < -0.4 is 15.0 Å². The van der Waals surface area contributed by atoms with E-state index in [0.29, 0.717) is 35.8 Å². The fourth-order valence-corrected chi connectivity index (χ4v) is 5.11. The van der Waals surface area contributed by atoms with Crippen molar-refractivity contribution < 1.29 is 19.1 Å². The van der Waals surface area contributed by atoms with Gasteiger partial charge < -0.3 is 4.74 Å². The Balaban J connectivity index is 1.36. The number of fused-ring (bicyclic) bond motifs is 2. The van der Waals surface area contributed by atoms with Crippen LogP contribution in [0.15, 0.2) is 54.6 Å². The van der Waals surface area contributed by atoms with Gasteiger partial charge in [-0.05, 0) is 56.2 Å². The van der Waals surface area contributed by atoms with E-state index < -0.39 is 0 Å². The van der Waals surface area contributed by atoms with E-state index >= 15 is 0 Å². The maximum Gasteiger partial charge on any atom is 0.257 e. The predicted molar refractivity (Wildman–Crippen MR) is 123 cm³/mol. The minimum absolute atomic E-state index is 0.196. The summed E-state index contributed by atoms with van der Waals surface area (Å²) in [4.78, 5) is 44.3. The number of hydrogen-bond donors (Lipinski definition) is 1. The third kappa shape index (κ3) is 3.56. The van der Waals surface area contributed by atoms with Crippen LogP contribution in [0, 0.1) is 11.8 Å². The molecule has 1 N–H and O–H groups in total. The fraction of sp³-hybridized carbons (Fsp3) is 0.250. The highest BCUT2D eigenvalue weighted by Gasteiger charge is 2.47. The van der Waals surface area contributed by atoms with Gasteiger partial charge >= 0.3 is 0 Å². The van der Waals surface area contributed by atoms with Crippen LogP contribution in [0.5, 0.6) is 5.75 Å². The van der Waals surface area contributed by atoms with Crippen LogP contribution in [0.2, 0.25) is 0 Å². The number of nitrogens with one attached hydrogen (secondary N) is 1. The molecule has 3 amide bonds. The third-order valence-electron chi connectivity index (χ3n) is 5.77. The van der Waals surface area contributed by atoms with Gasteiger partial charge in [0.15, 0.2) is 5.13 Å². The Morgan fingerprint density at radius 3 is 2.59 bits per heavy atom. The molecule has 0 unspecified atom stereocenters. The van der Waals surface area contributed by atoms with Crippen LogP contribution in [0.3, 0.4) is 0 Å². The Labute approximate surface area is 188 Å². The average molecular weight is 448 g/mol. The topological polar surface area (TPSA) is 88.6 Å². The molecule has 2 atom stereocenters. The van der Waals surface area contributed by atoms with E-state index in [0.717, 1.165) is 16.0 Å². The third-order valence-corrected chi connectivity index (χ3v) is 6.70. The molecule has 0 saturated carbocycles. The minimum atomic E-state index is -0.353. The molecule has 162 valence electrons. The van der Waals surface area contributed by atoms with E-state index in [2.05, 4.69) is 10.3 Å². The number of thiazole rings is 1. The van der Waals surface area contributed by atoms with Crippen molar-refractivity contribution in [2.24, 2.45) is 11.8 Å². The number of rotatable bonds is 5. The van der Waals surface area contributed by atoms with Gasteiger partial charge in [-0.2, -0.15) is 0 Å². The van der Waals surface area contributed by atoms with Gasteiger partial charge in [-0.1, -0.05) is 29.6 Å². The highest BCUT2D eigenvalue weighted by Crippen LogP contribution is 2.38. The molecule has 1 fully saturated rings. The molecule has 1 aliphatic carbocycles. The quantitative estimate of drug-likeness (QED) is 0.463. The van der Waals surface area contributed by atoms with Gasteiger partial charge in [0, 0.05) is 5.56 Å². The number of benzene rings is 2. The van der Waals surface area contributed by atoms with Crippen molar-refractivity contribution in [2.45, 2.75) is 19.8 Å². The first kappa shape index (κ1) is 20.4. The normalized spacial score (nSPS) is 20.0. The molecular formula is C24H21N3O4S. The molecule has 2 aromatic carbocycles. The van der Waals surface area contributed by atoms with Crippen molar-refractivity contribution >= 4 is 50.1 Å². The van der Waals surface area contributed by atoms with Crippen LogP contribution in [0.1, 0.15) is 30.1 Å². The lowest BCUT2D eigenvalue weighted by Crippen LogP contribution is -2.31. The second-order valence-corrected chi connectivity index (χ2v) is 8.78. The van der Waals surface area contributed by atoms with Crippen molar-refractivity contribution in [3.63, 3.8) is 0 Å². The Bertz CT molecular complexity index is 1240. The second kappa shape index (κ2) is 8.20. The molecule has 8 heteroatoms. The number of aromatic nitrogens is 1. The van der Waals surface area contributed by atoms with E-state index in [9.17, 15) is 14.4 Å². The van der Waals surface area contributed by atoms with Crippen molar-refractivity contribution in [1.82, 2.24) is 4.98 Å². The molecule has 1 aromatic heterocycles. The minimum Gasteiger partial charge on any atom is -0.494 e. The van der Waals surface area contributed by atoms with Gasteiger partial charge in [0.1, 0.15) is 5.75 Å². The highest BCUT2D eigenvalue weighted by molar-refractivity contribution is 7.22. The van der Waals surface area contributed by atoms with Gasteiger partial charge in [0.05, 0.1) is 34.3 Å². The zero-order valence-corrected chi connectivity index (χ0v) is 18.2. The van der Waals surface area contributed by atoms with Crippen LogP contribution in [-0.2, 0) is 9.59 Å². The first-order chi connectivity index (χ1) is 15.5. The summed E-state index contributed by atoms with van der Waals surface area (Å²) in [6.45, 7) is 2.50. The standard InChI is InChI=1S/C24H21N3O4S/c1-2-31-16-10-11-19-20(13-16)32-24(25-19)26-21(28)14-6-5-7-15(12-14)27-22(29)17-8-3-4-9-18(17)23(27)30/h3-7,10-13,17-18H,2,8-9H2,1H3,(H,25,26,28)/t17-,18-/m1/s1. The first-order valence-corrected chi connectivity index (χ1v) is 11.3. The number of imide groups is 1. The number of carbonyl (C=O) groups excluding carboxylic acids is 3. The average Bonchev–Trinajstić information content (AvgIpc) is 3.31. The van der Waals surface area contributed by atoms with E-state index in [1.807, 2.05) is 37.3 Å². The number of hydrogen-bond acceptors (Lipinski definition) is 6. The smallest absolute Gasteiger partial charge is 0.257 e. The van der Waals surface area contributed by atoms with Crippen molar-refractivity contribution in [2.75, 3.05) is 16.8 Å². The molecule has 0 spiro atoms. The number of anilines is 2. The number of carbonyl (C=O) groups is 3. The Hall–Kier alpha value is -3.52. The van der Waals surface area contributed by atoms with Gasteiger partial charge in [0.2, 0.25) is 11.8 Å². The summed E-state index contributed by atoms with van der Waals surface area (Å²) in [5, 5.41) is 3.29. The lowest BCUT2D eigenvalue weighted by atomic mass is 9.85. The van der Waals surface area contributed by atoms with Crippen LogP contribution in [-0.4, -0.2) is 29.3 Å². The molecule has 2 aliphatic rings. The number of amides is 3. The molecule has 7 nitrogen and oxygen atoms in total. The molecular weight excluding hydrogens is 426 g/mol. The Morgan fingerprint density at radius 1 is 1.12 bits per heavy atom. The Morgan fingerprint density at radius 2 is 1.88 bits per heavy atom. The van der Waals surface area contributed by atoms with Gasteiger partial charge in [-0.3, -0.25) is 24.6 Å². The molecule has 0 bridgehead atoms. The zero-order valence-electron chi connectivity index (χ0n) is 17.4. The first-order valence-electron chi connectivity index (χ1n) is 10.5. The molecule has 0 radical (unpaired) electrons. The summed E-state index contributed by atoms with van der Waals surface area (Å²) in [6.07, 6.45) is 5.06. The SMILES string of the molecule is CCOc1ccc2nc(NC(=O)c3cccc(N4C(=O)[C@@H]5CC=CC[C@H]5C4=O)c3)sc2c1. The largest absolute Gasteiger partial charge is 0.494 e. The predicted octanol–water partition coefficient (Wildman–Crippen LogP) is 4.40. The lowest BCUT2D eigenvalue weighted by Gasteiger charge is -2.15. The summed E-state index contributed by atoms with van der Waals surface area (Å²) < 4.78 is 6.42. The summed E-state index contributed by atoms with van der Waals surface area (Å²) in [5.74, 6) is -0.612. The number of allylic oxidation sites excluding steroid dienone is 2. The van der Waals surface area contributed by atoms with Crippen LogP contribution in [0.4, 0.5) is 10.8 Å². The van der Waals surface area contributed by atoms with E-state index in [1.54, 1.807) is 24.3 Å². The van der Waals surface area contributed by atoms with Crippen molar-refractivity contribution in [3.8, 4) is 5.75 Å². The Kier molecular flexibility index (Phi) is 5.22. The molecule has 32 heavy (non-hydrogen) atoms. The molecule has 1 saturated heterocycles. The van der Waals surface area contributed by atoms with E-state index in [-0.39, 0.29) is 29.6 Å². The highest BCUT2D eigenvalue weighted by atomic mass is 32.1.